The Morgan fingerprint density at radius 1 is 1.29 bits per heavy atom. The van der Waals surface area contributed by atoms with Gasteiger partial charge >= 0.3 is 5.97 Å². The molecule has 1 aliphatic rings. The fourth-order valence-electron chi connectivity index (χ4n) is 2.88. The highest BCUT2D eigenvalue weighted by Gasteiger charge is 2.26. The minimum Gasteiger partial charge on any atom is -0.481 e. The first-order valence-electron chi connectivity index (χ1n) is 7.41. The van der Waals surface area contributed by atoms with Crippen molar-refractivity contribution in [2.24, 2.45) is 5.92 Å². The summed E-state index contributed by atoms with van der Waals surface area (Å²) in [5.41, 5.74) is 1.84. The Morgan fingerprint density at radius 2 is 1.95 bits per heavy atom. The van der Waals surface area contributed by atoms with E-state index in [0.717, 1.165) is 29.9 Å². The summed E-state index contributed by atoms with van der Waals surface area (Å²) in [4.78, 5) is 22.8. The molecular weight excluding hydrogens is 272 g/mol. The predicted octanol–water partition coefficient (Wildman–Crippen LogP) is 1.98. The van der Waals surface area contributed by atoms with E-state index >= 15 is 0 Å². The fourth-order valence-corrected chi connectivity index (χ4v) is 2.88. The molecule has 6 nitrogen and oxygen atoms in total. The molecule has 2 rings (SSSR count). The van der Waals surface area contributed by atoms with Crippen molar-refractivity contribution in [3.05, 3.63) is 17.0 Å². The number of carbonyl (C=O) groups is 2. The molecule has 1 amide bonds. The Labute approximate surface area is 123 Å². The normalized spacial score (nSPS) is 22.0. The molecule has 0 aliphatic heterocycles. The maximum Gasteiger partial charge on any atom is 0.306 e. The summed E-state index contributed by atoms with van der Waals surface area (Å²) in [6.45, 7) is 3.72. The van der Waals surface area contributed by atoms with Gasteiger partial charge in [-0.3, -0.25) is 9.59 Å². The summed E-state index contributed by atoms with van der Waals surface area (Å²) in [5, 5.41) is 15.8. The number of aromatic nitrogens is 1. The highest BCUT2D eigenvalue weighted by molar-refractivity contribution is 5.76. The molecule has 0 atom stereocenters. The van der Waals surface area contributed by atoms with Gasteiger partial charge in [0.25, 0.3) is 0 Å². The van der Waals surface area contributed by atoms with Crippen LogP contribution in [0.4, 0.5) is 0 Å². The number of carbonyl (C=O) groups excluding carboxylic acids is 1. The van der Waals surface area contributed by atoms with Gasteiger partial charge in [-0.15, -0.1) is 0 Å². The number of nitrogens with zero attached hydrogens (tertiary/aromatic N) is 1. The molecule has 0 unspecified atom stereocenters. The van der Waals surface area contributed by atoms with E-state index in [1.165, 1.54) is 0 Å². The van der Waals surface area contributed by atoms with Crippen LogP contribution in [0.3, 0.4) is 0 Å². The van der Waals surface area contributed by atoms with Gasteiger partial charge in [0.1, 0.15) is 5.76 Å². The van der Waals surface area contributed by atoms with Crippen molar-refractivity contribution < 1.29 is 19.2 Å². The molecule has 0 bridgehead atoms. The molecule has 0 radical (unpaired) electrons. The van der Waals surface area contributed by atoms with Gasteiger partial charge in [-0.25, -0.2) is 0 Å². The molecule has 116 valence electrons. The molecule has 2 N–H and O–H groups in total. The molecule has 1 aliphatic carbocycles. The Morgan fingerprint density at radius 3 is 2.48 bits per heavy atom. The SMILES string of the molecule is Cc1noc(C)c1CCC(=O)NC1CCC(C(=O)O)CC1. The summed E-state index contributed by atoms with van der Waals surface area (Å²) >= 11 is 0. The molecule has 1 heterocycles. The van der Waals surface area contributed by atoms with Crippen LogP contribution in [0.1, 0.15) is 49.1 Å². The van der Waals surface area contributed by atoms with Crippen molar-refractivity contribution >= 4 is 11.9 Å². The van der Waals surface area contributed by atoms with Crippen LogP contribution < -0.4 is 5.32 Å². The molecule has 0 saturated heterocycles. The summed E-state index contributed by atoms with van der Waals surface area (Å²) in [6, 6.07) is 0.109. The first kappa shape index (κ1) is 15.5. The lowest BCUT2D eigenvalue weighted by Gasteiger charge is -2.26. The Kier molecular flexibility index (Phi) is 4.98. The van der Waals surface area contributed by atoms with Gasteiger partial charge in [0.2, 0.25) is 5.91 Å². The van der Waals surface area contributed by atoms with Gasteiger partial charge in [-0.2, -0.15) is 0 Å². The Hall–Kier alpha value is -1.85. The maximum atomic E-state index is 12.0. The molecule has 1 saturated carbocycles. The summed E-state index contributed by atoms with van der Waals surface area (Å²) in [5.74, 6) is -0.199. The second-order valence-electron chi connectivity index (χ2n) is 5.76. The molecule has 0 aromatic carbocycles. The van der Waals surface area contributed by atoms with Crippen molar-refractivity contribution in [2.45, 2.75) is 58.4 Å². The third kappa shape index (κ3) is 4.06. The largest absolute Gasteiger partial charge is 0.481 e. The number of carboxylic acids is 1. The zero-order valence-electron chi connectivity index (χ0n) is 12.5. The summed E-state index contributed by atoms with van der Waals surface area (Å²) in [7, 11) is 0. The Balaban J connectivity index is 1.74. The second kappa shape index (κ2) is 6.74. The third-order valence-electron chi connectivity index (χ3n) is 4.22. The van der Waals surface area contributed by atoms with E-state index in [4.69, 9.17) is 9.63 Å². The van der Waals surface area contributed by atoms with Crippen LogP contribution in [0, 0.1) is 19.8 Å². The van der Waals surface area contributed by atoms with Crippen molar-refractivity contribution in [1.82, 2.24) is 10.5 Å². The molecule has 6 heteroatoms. The minimum absolute atomic E-state index is 0.00813. The van der Waals surface area contributed by atoms with Gasteiger partial charge in [-0.05, 0) is 46.0 Å². The highest BCUT2D eigenvalue weighted by Crippen LogP contribution is 2.24. The van der Waals surface area contributed by atoms with Crippen LogP contribution in [0.5, 0.6) is 0 Å². The van der Waals surface area contributed by atoms with Crippen molar-refractivity contribution in [2.75, 3.05) is 0 Å². The highest BCUT2D eigenvalue weighted by atomic mass is 16.5. The number of rotatable bonds is 5. The molecule has 1 aromatic rings. The van der Waals surface area contributed by atoms with Crippen molar-refractivity contribution in [1.29, 1.82) is 0 Å². The van der Waals surface area contributed by atoms with Crippen LogP contribution >= 0.6 is 0 Å². The number of nitrogens with one attached hydrogen (secondary N) is 1. The minimum atomic E-state index is -0.724. The topological polar surface area (TPSA) is 92.4 Å². The number of aliphatic carboxylic acids is 1. The lowest BCUT2D eigenvalue weighted by atomic mass is 9.86. The molecule has 21 heavy (non-hydrogen) atoms. The number of amides is 1. The first-order chi connectivity index (χ1) is 9.97. The van der Waals surface area contributed by atoms with E-state index in [2.05, 4.69) is 10.5 Å². The number of hydrogen-bond acceptors (Lipinski definition) is 4. The Bertz CT molecular complexity index is 496. The first-order valence-corrected chi connectivity index (χ1v) is 7.41. The summed E-state index contributed by atoms with van der Waals surface area (Å²) < 4.78 is 5.07. The molecule has 1 fully saturated rings. The van der Waals surface area contributed by atoms with Crippen molar-refractivity contribution in [3.8, 4) is 0 Å². The van der Waals surface area contributed by atoms with E-state index in [0.29, 0.717) is 25.7 Å². The van der Waals surface area contributed by atoms with E-state index in [-0.39, 0.29) is 17.9 Å². The average molecular weight is 294 g/mol. The molecule has 0 spiro atoms. The monoisotopic (exact) mass is 294 g/mol. The van der Waals surface area contributed by atoms with Crippen molar-refractivity contribution in [3.63, 3.8) is 0 Å². The third-order valence-corrected chi connectivity index (χ3v) is 4.22. The van der Waals surface area contributed by atoms with E-state index < -0.39 is 5.97 Å². The van der Waals surface area contributed by atoms with Gasteiger partial charge in [0, 0.05) is 18.0 Å². The quantitative estimate of drug-likeness (QED) is 0.866. The molecule has 1 aromatic heterocycles. The lowest BCUT2D eigenvalue weighted by molar-refractivity contribution is -0.142. The van der Waals surface area contributed by atoms with Gasteiger partial charge in [0.05, 0.1) is 11.6 Å². The average Bonchev–Trinajstić information content (AvgIpc) is 2.76. The van der Waals surface area contributed by atoms with Crippen LogP contribution in [-0.2, 0) is 16.0 Å². The van der Waals surface area contributed by atoms with Gasteiger partial charge < -0.3 is 14.9 Å². The van der Waals surface area contributed by atoms with Crippen LogP contribution in [0.2, 0.25) is 0 Å². The van der Waals surface area contributed by atoms with Crippen LogP contribution in [0.15, 0.2) is 4.52 Å². The second-order valence-corrected chi connectivity index (χ2v) is 5.76. The summed E-state index contributed by atoms with van der Waals surface area (Å²) in [6.07, 6.45) is 3.80. The van der Waals surface area contributed by atoms with E-state index in [9.17, 15) is 9.59 Å². The van der Waals surface area contributed by atoms with E-state index in [1.807, 2.05) is 13.8 Å². The standard InChI is InChI=1S/C15H22N2O4/c1-9-13(10(2)21-17-9)7-8-14(18)16-12-5-3-11(4-6-12)15(19)20/h11-12H,3-8H2,1-2H3,(H,16,18)(H,19,20). The van der Waals surface area contributed by atoms with Gasteiger partial charge in [0.15, 0.2) is 0 Å². The van der Waals surface area contributed by atoms with Crippen LogP contribution in [-0.4, -0.2) is 28.2 Å². The zero-order chi connectivity index (χ0) is 15.4. The zero-order valence-corrected chi connectivity index (χ0v) is 12.5. The van der Waals surface area contributed by atoms with Gasteiger partial charge in [-0.1, -0.05) is 5.16 Å². The smallest absolute Gasteiger partial charge is 0.306 e. The number of hydrogen-bond donors (Lipinski definition) is 2. The molecular formula is C15H22N2O4. The maximum absolute atomic E-state index is 12.0. The van der Waals surface area contributed by atoms with E-state index in [1.54, 1.807) is 0 Å². The number of carboxylic acid groups (broad SMARTS) is 1. The number of aryl methyl sites for hydroxylation is 2. The predicted molar refractivity (Wildman–Crippen MR) is 75.8 cm³/mol. The van der Waals surface area contributed by atoms with Crippen LogP contribution in [0.25, 0.3) is 0 Å². The fraction of sp³-hybridized carbons (Fsp3) is 0.667. The lowest BCUT2D eigenvalue weighted by Crippen LogP contribution is -2.38.